The molecule has 1 N–H and O–H groups in total. The standard InChI is InChI=1S/C22H24N2O2/c1-15-7-6-8-18(13-15)26-12-11-23-22(25)14-20-16(2)19-9-4-5-10-21(19)24-17(20)3/h4-10,13H,11-12,14H2,1-3H3,(H,23,25). The summed E-state index contributed by atoms with van der Waals surface area (Å²) in [7, 11) is 0. The van der Waals surface area contributed by atoms with E-state index in [1.165, 1.54) is 0 Å². The second-order valence-electron chi connectivity index (χ2n) is 6.51. The van der Waals surface area contributed by atoms with E-state index < -0.39 is 0 Å². The Hall–Kier alpha value is -2.88. The van der Waals surface area contributed by atoms with Crippen LogP contribution in [-0.2, 0) is 11.2 Å². The Kier molecular flexibility index (Phi) is 5.52. The number of aromatic nitrogens is 1. The summed E-state index contributed by atoms with van der Waals surface area (Å²) in [5, 5.41) is 4.03. The molecule has 0 bridgehead atoms. The van der Waals surface area contributed by atoms with Gasteiger partial charge in [0.25, 0.3) is 0 Å². The number of rotatable bonds is 6. The zero-order valence-electron chi connectivity index (χ0n) is 15.5. The van der Waals surface area contributed by atoms with Crippen LogP contribution in [0.1, 0.15) is 22.4 Å². The molecule has 0 aliphatic rings. The summed E-state index contributed by atoms with van der Waals surface area (Å²) in [4.78, 5) is 17.0. The first-order chi connectivity index (χ1) is 12.5. The predicted octanol–water partition coefficient (Wildman–Crippen LogP) is 3.90. The van der Waals surface area contributed by atoms with Crippen LogP contribution >= 0.6 is 0 Å². The number of amides is 1. The number of para-hydroxylation sites is 1. The lowest BCUT2D eigenvalue weighted by Crippen LogP contribution is -2.30. The molecule has 26 heavy (non-hydrogen) atoms. The van der Waals surface area contributed by atoms with Crippen molar-refractivity contribution in [2.24, 2.45) is 0 Å². The Bertz CT molecular complexity index is 935. The molecule has 4 nitrogen and oxygen atoms in total. The highest BCUT2D eigenvalue weighted by Gasteiger charge is 2.12. The van der Waals surface area contributed by atoms with E-state index in [0.29, 0.717) is 19.6 Å². The molecule has 134 valence electrons. The summed E-state index contributed by atoms with van der Waals surface area (Å²) < 4.78 is 5.67. The van der Waals surface area contributed by atoms with Crippen LogP contribution in [0, 0.1) is 20.8 Å². The van der Waals surface area contributed by atoms with Crippen molar-refractivity contribution < 1.29 is 9.53 Å². The van der Waals surface area contributed by atoms with Gasteiger partial charge < -0.3 is 10.1 Å². The van der Waals surface area contributed by atoms with E-state index >= 15 is 0 Å². The van der Waals surface area contributed by atoms with Crippen molar-refractivity contribution in [3.05, 3.63) is 70.9 Å². The highest BCUT2D eigenvalue weighted by Crippen LogP contribution is 2.22. The highest BCUT2D eigenvalue weighted by molar-refractivity contribution is 5.86. The second-order valence-corrected chi connectivity index (χ2v) is 6.51. The molecule has 0 saturated carbocycles. The Balaban J connectivity index is 1.57. The van der Waals surface area contributed by atoms with Gasteiger partial charge in [0.05, 0.1) is 18.5 Å². The fourth-order valence-electron chi connectivity index (χ4n) is 3.12. The summed E-state index contributed by atoms with van der Waals surface area (Å²) in [6.45, 7) is 6.97. The van der Waals surface area contributed by atoms with E-state index in [2.05, 4.69) is 17.2 Å². The number of nitrogens with one attached hydrogen (secondary N) is 1. The molecular weight excluding hydrogens is 324 g/mol. The minimum atomic E-state index is -0.0128. The summed E-state index contributed by atoms with van der Waals surface area (Å²) in [6, 6.07) is 15.9. The lowest BCUT2D eigenvalue weighted by molar-refractivity contribution is -0.120. The number of nitrogens with zero attached hydrogens (tertiary/aromatic N) is 1. The minimum absolute atomic E-state index is 0.0128. The zero-order chi connectivity index (χ0) is 18.5. The SMILES string of the molecule is Cc1cccc(OCCNC(=O)Cc2c(C)nc3ccccc3c2C)c1. The number of benzene rings is 2. The van der Waals surface area contributed by atoms with E-state index in [1.54, 1.807) is 0 Å². The fourth-order valence-corrected chi connectivity index (χ4v) is 3.12. The molecule has 0 radical (unpaired) electrons. The van der Waals surface area contributed by atoms with Crippen molar-refractivity contribution in [3.63, 3.8) is 0 Å². The van der Waals surface area contributed by atoms with Gasteiger partial charge >= 0.3 is 0 Å². The molecular formula is C22H24N2O2. The van der Waals surface area contributed by atoms with Crippen molar-refractivity contribution in [3.8, 4) is 5.75 Å². The molecule has 1 amide bonds. The number of aryl methyl sites for hydroxylation is 3. The quantitative estimate of drug-likeness (QED) is 0.688. The van der Waals surface area contributed by atoms with Gasteiger partial charge in [-0.15, -0.1) is 0 Å². The van der Waals surface area contributed by atoms with E-state index in [-0.39, 0.29) is 5.91 Å². The first-order valence-electron chi connectivity index (χ1n) is 8.85. The number of hydrogen-bond acceptors (Lipinski definition) is 3. The van der Waals surface area contributed by atoms with Crippen molar-refractivity contribution in [2.45, 2.75) is 27.2 Å². The number of ether oxygens (including phenoxy) is 1. The molecule has 0 fully saturated rings. The van der Waals surface area contributed by atoms with Gasteiger partial charge in [0.2, 0.25) is 5.91 Å². The Morgan fingerprint density at radius 2 is 1.88 bits per heavy atom. The van der Waals surface area contributed by atoms with Gasteiger partial charge in [-0.1, -0.05) is 30.3 Å². The van der Waals surface area contributed by atoms with Crippen LogP contribution in [0.25, 0.3) is 10.9 Å². The third-order valence-corrected chi connectivity index (χ3v) is 4.51. The van der Waals surface area contributed by atoms with E-state index in [0.717, 1.165) is 39.0 Å². The van der Waals surface area contributed by atoms with Gasteiger partial charge in [0, 0.05) is 11.1 Å². The van der Waals surface area contributed by atoms with Crippen molar-refractivity contribution in [1.29, 1.82) is 0 Å². The summed E-state index contributed by atoms with van der Waals surface area (Å²) >= 11 is 0. The maximum Gasteiger partial charge on any atom is 0.224 e. The first kappa shape index (κ1) is 17.9. The van der Waals surface area contributed by atoms with Crippen LogP contribution in [0.5, 0.6) is 5.75 Å². The maximum absolute atomic E-state index is 12.3. The minimum Gasteiger partial charge on any atom is -0.492 e. The van der Waals surface area contributed by atoms with Crippen LogP contribution < -0.4 is 10.1 Å². The van der Waals surface area contributed by atoms with Gasteiger partial charge in [-0.05, 0) is 55.7 Å². The smallest absolute Gasteiger partial charge is 0.224 e. The van der Waals surface area contributed by atoms with Gasteiger partial charge in [0.15, 0.2) is 0 Å². The molecule has 3 aromatic rings. The topological polar surface area (TPSA) is 51.2 Å². The number of carbonyl (C=O) groups excluding carboxylic acids is 1. The van der Waals surface area contributed by atoms with Gasteiger partial charge in [-0.3, -0.25) is 9.78 Å². The van der Waals surface area contributed by atoms with Crippen molar-refractivity contribution >= 4 is 16.8 Å². The molecule has 3 rings (SSSR count). The zero-order valence-corrected chi connectivity index (χ0v) is 15.5. The molecule has 1 heterocycles. The molecule has 1 aromatic heterocycles. The van der Waals surface area contributed by atoms with Crippen molar-refractivity contribution in [2.75, 3.05) is 13.2 Å². The van der Waals surface area contributed by atoms with E-state index in [1.807, 2.05) is 62.4 Å². The van der Waals surface area contributed by atoms with Gasteiger partial charge in [-0.25, -0.2) is 0 Å². The Labute approximate surface area is 154 Å². The van der Waals surface area contributed by atoms with Crippen LogP contribution in [0.4, 0.5) is 0 Å². The summed E-state index contributed by atoms with van der Waals surface area (Å²) in [5.41, 5.74) is 5.16. The first-order valence-corrected chi connectivity index (χ1v) is 8.85. The average molecular weight is 348 g/mol. The predicted molar refractivity (Wildman–Crippen MR) is 105 cm³/mol. The fraction of sp³-hybridized carbons (Fsp3) is 0.273. The van der Waals surface area contributed by atoms with Crippen LogP contribution in [0.3, 0.4) is 0 Å². The Morgan fingerprint density at radius 3 is 2.69 bits per heavy atom. The van der Waals surface area contributed by atoms with E-state index in [4.69, 9.17) is 4.74 Å². The van der Waals surface area contributed by atoms with Gasteiger partial charge in [0.1, 0.15) is 12.4 Å². The second kappa shape index (κ2) is 8.00. The maximum atomic E-state index is 12.3. The molecule has 0 spiro atoms. The summed E-state index contributed by atoms with van der Waals surface area (Å²) in [6.07, 6.45) is 0.333. The molecule has 4 heteroatoms. The molecule has 0 aliphatic carbocycles. The van der Waals surface area contributed by atoms with Crippen LogP contribution in [0.2, 0.25) is 0 Å². The molecule has 0 unspecified atom stereocenters. The number of carbonyl (C=O) groups is 1. The lowest BCUT2D eigenvalue weighted by atomic mass is 9.99. The lowest BCUT2D eigenvalue weighted by Gasteiger charge is -2.13. The number of pyridine rings is 1. The largest absolute Gasteiger partial charge is 0.492 e. The normalized spacial score (nSPS) is 10.7. The van der Waals surface area contributed by atoms with Gasteiger partial charge in [-0.2, -0.15) is 0 Å². The number of hydrogen-bond donors (Lipinski definition) is 1. The monoisotopic (exact) mass is 348 g/mol. The molecule has 0 saturated heterocycles. The third kappa shape index (κ3) is 4.20. The third-order valence-electron chi connectivity index (χ3n) is 4.51. The molecule has 2 aromatic carbocycles. The van der Waals surface area contributed by atoms with E-state index in [9.17, 15) is 4.79 Å². The Morgan fingerprint density at radius 1 is 1.08 bits per heavy atom. The average Bonchev–Trinajstić information content (AvgIpc) is 2.62. The van der Waals surface area contributed by atoms with Crippen LogP contribution in [-0.4, -0.2) is 24.0 Å². The summed E-state index contributed by atoms with van der Waals surface area (Å²) in [5.74, 6) is 0.811. The molecule has 0 aliphatic heterocycles. The highest BCUT2D eigenvalue weighted by atomic mass is 16.5. The van der Waals surface area contributed by atoms with Crippen molar-refractivity contribution in [1.82, 2.24) is 10.3 Å². The van der Waals surface area contributed by atoms with Crippen LogP contribution in [0.15, 0.2) is 48.5 Å². The number of fused-ring (bicyclic) bond motifs is 1. The molecule has 0 atom stereocenters.